The number of likely N-dealkylation sites (tertiary alicyclic amines) is 1. The minimum absolute atomic E-state index is 0.00194. The molecule has 6 heteroatoms. The van der Waals surface area contributed by atoms with E-state index in [0.717, 1.165) is 35.0 Å². The highest BCUT2D eigenvalue weighted by molar-refractivity contribution is 7.20. The van der Waals surface area contributed by atoms with Crippen molar-refractivity contribution >= 4 is 28.6 Å². The second kappa shape index (κ2) is 6.03. The lowest BCUT2D eigenvalue weighted by molar-refractivity contribution is -0.132. The lowest BCUT2D eigenvalue weighted by Crippen LogP contribution is -2.38. The molecule has 0 bridgehead atoms. The van der Waals surface area contributed by atoms with Crippen molar-refractivity contribution in [2.75, 3.05) is 13.2 Å². The van der Waals surface area contributed by atoms with Crippen LogP contribution in [-0.4, -0.2) is 40.1 Å². The van der Waals surface area contributed by atoms with E-state index in [1.54, 1.807) is 27.6 Å². The second-order valence-corrected chi connectivity index (χ2v) is 6.67. The van der Waals surface area contributed by atoms with Crippen LogP contribution in [0.3, 0.4) is 0 Å². The Morgan fingerprint density at radius 2 is 2.40 bits per heavy atom. The predicted molar refractivity (Wildman–Crippen MR) is 81.0 cm³/mol. The molecule has 4 nitrogen and oxygen atoms in total. The van der Waals surface area contributed by atoms with Gasteiger partial charge in [0.15, 0.2) is 0 Å². The van der Waals surface area contributed by atoms with Gasteiger partial charge in [0, 0.05) is 11.9 Å². The third-order valence-corrected chi connectivity index (χ3v) is 5.45. The SMILES string of the molecule is O=C(Cc1csc(-c2cccs2)n1)N1CCC[C@H]1CO. The summed E-state index contributed by atoms with van der Waals surface area (Å²) in [6.07, 6.45) is 2.21. The van der Waals surface area contributed by atoms with Gasteiger partial charge in [-0.1, -0.05) is 6.07 Å². The van der Waals surface area contributed by atoms with Crippen LogP contribution in [0.2, 0.25) is 0 Å². The van der Waals surface area contributed by atoms with Crippen molar-refractivity contribution < 1.29 is 9.90 Å². The van der Waals surface area contributed by atoms with Gasteiger partial charge in [-0.3, -0.25) is 4.79 Å². The summed E-state index contributed by atoms with van der Waals surface area (Å²) < 4.78 is 0. The molecule has 1 aliphatic heterocycles. The molecule has 1 fully saturated rings. The molecule has 0 aliphatic carbocycles. The molecular formula is C14H16N2O2S2. The van der Waals surface area contributed by atoms with E-state index in [4.69, 9.17) is 0 Å². The van der Waals surface area contributed by atoms with Crippen LogP contribution in [-0.2, 0) is 11.2 Å². The zero-order chi connectivity index (χ0) is 13.9. The van der Waals surface area contributed by atoms with Gasteiger partial charge in [-0.15, -0.1) is 22.7 Å². The maximum Gasteiger partial charge on any atom is 0.228 e. The molecule has 3 heterocycles. The maximum atomic E-state index is 12.3. The maximum absolute atomic E-state index is 12.3. The number of rotatable bonds is 4. The van der Waals surface area contributed by atoms with Crippen molar-refractivity contribution in [2.45, 2.75) is 25.3 Å². The summed E-state index contributed by atoms with van der Waals surface area (Å²) in [7, 11) is 0. The molecule has 1 N–H and O–H groups in total. The Hall–Kier alpha value is -1.24. The zero-order valence-electron chi connectivity index (χ0n) is 11.0. The van der Waals surface area contributed by atoms with E-state index in [9.17, 15) is 9.90 Å². The fraction of sp³-hybridized carbons (Fsp3) is 0.429. The van der Waals surface area contributed by atoms with Gasteiger partial charge in [0.2, 0.25) is 5.91 Å². The Morgan fingerprint density at radius 1 is 1.50 bits per heavy atom. The quantitative estimate of drug-likeness (QED) is 0.943. The molecule has 1 aliphatic rings. The van der Waals surface area contributed by atoms with Gasteiger partial charge < -0.3 is 10.0 Å². The van der Waals surface area contributed by atoms with Crippen molar-refractivity contribution in [3.05, 3.63) is 28.6 Å². The zero-order valence-corrected chi connectivity index (χ0v) is 12.6. The number of thiazole rings is 1. The van der Waals surface area contributed by atoms with Crippen molar-refractivity contribution in [2.24, 2.45) is 0 Å². The molecule has 1 atom stereocenters. The van der Waals surface area contributed by atoms with E-state index in [0.29, 0.717) is 6.42 Å². The van der Waals surface area contributed by atoms with Gasteiger partial charge in [0.1, 0.15) is 5.01 Å². The second-order valence-electron chi connectivity index (χ2n) is 4.86. The summed E-state index contributed by atoms with van der Waals surface area (Å²) >= 11 is 3.23. The summed E-state index contributed by atoms with van der Waals surface area (Å²) in [4.78, 5) is 19.7. The van der Waals surface area contributed by atoms with Crippen LogP contribution in [0.5, 0.6) is 0 Å². The molecule has 0 radical (unpaired) electrons. The Morgan fingerprint density at radius 3 is 3.15 bits per heavy atom. The average molecular weight is 308 g/mol. The first-order valence-electron chi connectivity index (χ1n) is 6.66. The molecule has 0 spiro atoms. The third-order valence-electron chi connectivity index (χ3n) is 3.52. The molecular weight excluding hydrogens is 292 g/mol. The molecule has 2 aromatic heterocycles. The highest BCUT2D eigenvalue weighted by Crippen LogP contribution is 2.28. The Balaban J connectivity index is 1.67. The highest BCUT2D eigenvalue weighted by Gasteiger charge is 2.28. The van der Waals surface area contributed by atoms with Crippen LogP contribution in [0.25, 0.3) is 9.88 Å². The molecule has 106 valence electrons. The summed E-state index contributed by atoms with van der Waals surface area (Å²) in [6.45, 7) is 0.815. The van der Waals surface area contributed by atoms with E-state index in [-0.39, 0.29) is 18.6 Å². The summed E-state index contributed by atoms with van der Waals surface area (Å²) in [5.41, 5.74) is 0.826. The van der Waals surface area contributed by atoms with Crippen LogP contribution >= 0.6 is 22.7 Å². The number of hydrogen-bond acceptors (Lipinski definition) is 5. The third kappa shape index (κ3) is 2.77. The summed E-state index contributed by atoms with van der Waals surface area (Å²) in [5, 5.41) is 14.2. The number of carbonyl (C=O) groups is 1. The lowest BCUT2D eigenvalue weighted by atomic mass is 10.2. The molecule has 0 aromatic carbocycles. The van der Waals surface area contributed by atoms with E-state index >= 15 is 0 Å². The molecule has 20 heavy (non-hydrogen) atoms. The minimum atomic E-state index is -0.00194. The van der Waals surface area contributed by atoms with E-state index < -0.39 is 0 Å². The summed E-state index contributed by atoms with van der Waals surface area (Å²) in [5.74, 6) is 0.0737. The van der Waals surface area contributed by atoms with Crippen LogP contribution < -0.4 is 0 Å². The number of amides is 1. The van der Waals surface area contributed by atoms with Gasteiger partial charge in [-0.2, -0.15) is 0 Å². The number of aliphatic hydroxyl groups excluding tert-OH is 1. The molecule has 3 rings (SSSR count). The number of hydrogen-bond donors (Lipinski definition) is 1. The van der Waals surface area contributed by atoms with Gasteiger partial charge in [0.05, 0.1) is 29.6 Å². The lowest BCUT2D eigenvalue weighted by Gasteiger charge is -2.22. The van der Waals surface area contributed by atoms with Crippen molar-refractivity contribution in [3.8, 4) is 9.88 Å². The van der Waals surface area contributed by atoms with Crippen LogP contribution in [0, 0.1) is 0 Å². The van der Waals surface area contributed by atoms with Crippen molar-refractivity contribution in [3.63, 3.8) is 0 Å². The van der Waals surface area contributed by atoms with Gasteiger partial charge in [0.25, 0.3) is 0 Å². The largest absolute Gasteiger partial charge is 0.394 e. The Labute approximate surface area is 125 Å². The number of thiophene rings is 1. The molecule has 0 saturated carbocycles. The number of carbonyl (C=O) groups excluding carboxylic acids is 1. The van der Waals surface area contributed by atoms with Crippen molar-refractivity contribution in [1.82, 2.24) is 9.88 Å². The van der Waals surface area contributed by atoms with Gasteiger partial charge in [-0.25, -0.2) is 4.98 Å². The van der Waals surface area contributed by atoms with Gasteiger partial charge in [-0.05, 0) is 24.3 Å². The molecule has 1 saturated heterocycles. The fourth-order valence-corrected chi connectivity index (χ4v) is 4.15. The summed E-state index contributed by atoms with van der Waals surface area (Å²) in [6, 6.07) is 4.04. The van der Waals surface area contributed by atoms with Crippen LogP contribution in [0.4, 0.5) is 0 Å². The number of aromatic nitrogens is 1. The molecule has 1 amide bonds. The predicted octanol–water partition coefficient (Wildman–Crippen LogP) is 2.40. The highest BCUT2D eigenvalue weighted by atomic mass is 32.1. The van der Waals surface area contributed by atoms with E-state index in [1.165, 1.54) is 0 Å². The first-order valence-corrected chi connectivity index (χ1v) is 8.42. The van der Waals surface area contributed by atoms with Crippen LogP contribution in [0.15, 0.2) is 22.9 Å². The topological polar surface area (TPSA) is 53.4 Å². The first-order chi connectivity index (χ1) is 9.78. The Kier molecular flexibility index (Phi) is 4.14. The standard InChI is InChI=1S/C14H16N2O2S2/c17-8-11-3-1-5-16(11)13(18)7-10-9-20-14(15-10)12-4-2-6-19-12/h2,4,6,9,11,17H,1,3,5,7-8H2/t11-/m0/s1. The fourth-order valence-electron chi connectivity index (χ4n) is 2.51. The monoisotopic (exact) mass is 308 g/mol. The average Bonchev–Trinajstić information content (AvgIpc) is 3.19. The van der Waals surface area contributed by atoms with Gasteiger partial charge >= 0.3 is 0 Å². The van der Waals surface area contributed by atoms with Crippen LogP contribution in [0.1, 0.15) is 18.5 Å². The van der Waals surface area contributed by atoms with E-state index in [1.807, 2.05) is 22.9 Å². The molecule has 0 unspecified atom stereocenters. The normalized spacial score (nSPS) is 18.6. The van der Waals surface area contributed by atoms with Crippen molar-refractivity contribution in [1.29, 1.82) is 0 Å². The smallest absolute Gasteiger partial charge is 0.228 e. The number of aliphatic hydroxyl groups is 1. The van der Waals surface area contributed by atoms with E-state index in [2.05, 4.69) is 4.98 Å². The minimum Gasteiger partial charge on any atom is -0.394 e. The molecule has 2 aromatic rings. The first kappa shape index (κ1) is 13.7. The number of nitrogens with zero attached hydrogens (tertiary/aromatic N) is 2. The Bertz CT molecular complexity index is 580.